The molecule has 3 N–H and O–H groups in total. The molecule has 0 saturated carbocycles. The third kappa shape index (κ3) is 5.87. The highest BCUT2D eigenvalue weighted by Crippen LogP contribution is 2.27. The second-order valence-electron chi connectivity index (χ2n) is 6.28. The molecule has 0 amide bonds. The Morgan fingerprint density at radius 2 is 2.00 bits per heavy atom. The molecule has 0 fully saturated rings. The first kappa shape index (κ1) is 18.3. The molecule has 1 aromatic carbocycles. The summed E-state index contributed by atoms with van der Waals surface area (Å²) in [5.74, 6) is 0.358. The molecule has 0 aromatic heterocycles. The summed E-state index contributed by atoms with van der Waals surface area (Å²) in [5, 5.41) is 3.26. The minimum atomic E-state index is -0.132. The third-order valence-corrected chi connectivity index (χ3v) is 4.46. The first-order valence-electron chi connectivity index (χ1n) is 8.95. The minimum absolute atomic E-state index is 0.132. The minimum Gasteiger partial charge on any atom is -0.469 e. The summed E-state index contributed by atoms with van der Waals surface area (Å²) in [6, 6.07) is 6.38. The number of carbonyl (C=O) groups excluding carboxylic acids is 1. The average Bonchev–Trinajstić information content (AvgIpc) is 2.61. The quantitative estimate of drug-likeness (QED) is 0.331. The zero-order valence-corrected chi connectivity index (χ0v) is 14.6. The van der Waals surface area contributed by atoms with E-state index >= 15 is 0 Å². The van der Waals surface area contributed by atoms with Gasteiger partial charge in [-0.2, -0.15) is 0 Å². The lowest BCUT2D eigenvalue weighted by Crippen LogP contribution is -2.24. The van der Waals surface area contributed by atoms with Gasteiger partial charge in [-0.15, -0.1) is 0 Å². The summed E-state index contributed by atoms with van der Waals surface area (Å²) in [6.45, 7) is 0.714. The van der Waals surface area contributed by atoms with Crippen LogP contribution < -0.4 is 11.1 Å². The molecule has 0 bridgehead atoms. The van der Waals surface area contributed by atoms with Crippen LogP contribution in [0.4, 0.5) is 5.69 Å². The Hall–Kier alpha value is -2.04. The van der Waals surface area contributed by atoms with E-state index in [1.807, 2.05) is 0 Å². The Balaban J connectivity index is 1.70. The second kappa shape index (κ2) is 9.96. The molecule has 1 aromatic rings. The van der Waals surface area contributed by atoms with Gasteiger partial charge in [-0.05, 0) is 55.7 Å². The van der Waals surface area contributed by atoms with Gasteiger partial charge in [0, 0.05) is 18.7 Å². The van der Waals surface area contributed by atoms with Crippen LogP contribution in [0.25, 0.3) is 0 Å². The molecule has 0 heterocycles. The number of anilines is 1. The van der Waals surface area contributed by atoms with Gasteiger partial charge in [0.2, 0.25) is 0 Å². The first-order chi connectivity index (χ1) is 11.7. The number of benzene rings is 1. The van der Waals surface area contributed by atoms with Crippen LogP contribution in [0.1, 0.15) is 56.1 Å². The van der Waals surface area contributed by atoms with E-state index in [1.165, 1.54) is 31.1 Å². The van der Waals surface area contributed by atoms with Crippen LogP contribution in [0.5, 0.6) is 0 Å². The molecule has 0 saturated heterocycles. The van der Waals surface area contributed by atoms with Crippen LogP contribution >= 0.6 is 0 Å². The average molecular weight is 331 g/mol. The molecule has 5 nitrogen and oxygen atoms in total. The van der Waals surface area contributed by atoms with Gasteiger partial charge in [0.05, 0.1) is 7.11 Å². The van der Waals surface area contributed by atoms with Crippen molar-refractivity contribution in [3.05, 3.63) is 29.3 Å². The second-order valence-corrected chi connectivity index (χ2v) is 6.28. The fourth-order valence-corrected chi connectivity index (χ4v) is 3.11. The number of hydrogen-bond acceptors (Lipinski definition) is 3. The van der Waals surface area contributed by atoms with Gasteiger partial charge in [-0.1, -0.05) is 25.0 Å². The van der Waals surface area contributed by atoms with Crippen LogP contribution in [0, 0.1) is 0 Å². The maximum Gasteiger partial charge on any atom is 0.305 e. The van der Waals surface area contributed by atoms with Crippen molar-refractivity contribution < 1.29 is 9.53 Å². The number of fused-ring (bicyclic) bond motifs is 1. The van der Waals surface area contributed by atoms with Crippen molar-refractivity contribution in [2.24, 2.45) is 10.7 Å². The first-order valence-corrected chi connectivity index (χ1v) is 8.95. The lowest BCUT2D eigenvalue weighted by Gasteiger charge is -2.19. The van der Waals surface area contributed by atoms with Crippen molar-refractivity contribution in [1.29, 1.82) is 0 Å². The monoisotopic (exact) mass is 331 g/mol. The smallest absolute Gasteiger partial charge is 0.305 e. The van der Waals surface area contributed by atoms with E-state index in [0.29, 0.717) is 18.9 Å². The molecular weight excluding hydrogens is 302 g/mol. The van der Waals surface area contributed by atoms with E-state index in [9.17, 15) is 4.79 Å². The van der Waals surface area contributed by atoms with Crippen LogP contribution in [0.3, 0.4) is 0 Å². The molecule has 0 atom stereocenters. The Labute approximate surface area is 144 Å². The lowest BCUT2D eigenvalue weighted by atomic mass is 9.90. The number of ether oxygens (including phenoxy) is 1. The molecule has 0 unspecified atom stereocenters. The lowest BCUT2D eigenvalue weighted by molar-refractivity contribution is -0.140. The zero-order chi connectivity index (χ0) is 17.2. The molecule has 24 heavy (non-hydrogen) atoms. The van der Waals surface area contributed by atoms with Gasteiger partial charge in [-0.3, -0.25) is 9.79 Å². The molecule has 0 radical (unpaired) electrons. The maximum atomic E-state index is 11.0. The number of methoxy groups -OCH3 is 1. The van der Waals surface area contributed by atoms with E-state index in [4.69, 9.17) is 5.73 Å². The van der Waals surface area contributed by atoms with Crippen LogP contribution in [-0.2, 0) is 22.4 Å². The van der Waals surface area contributed by atoms with Gasteiger partial charge in [-0.25, -0.2) is 0 Å². The van der Waals surface area contributed by atoms with Gasteiger partial charge >= 0.3 is 5.97 Å². The summed E-state index contributed by atoms with van der Waals surface area (Å²) in [5.41, 5.74) is 9.95. The number of aryl methyl sites for hydroxylation is 1. The van der Waals surface area contributed by atoms with Crippen molar-refractivity contribution in [2.75, 3.05) is 19.0 Å². The van der Waals surface area contributed by atoms with Crippen LogP contribution in [-0.4, -0.2) is 25.6 Å². The van der Waals surface area contributed by atoms with Gasteiger partial charge in [0.15, 0.2) is 5.96 Å². The van der Waals surface area contributed by atoms with Gasteiger partial charge in [0.1, 0.15) is 0 Å². The number of hydrogen-bond donors (Lipinski definition) is 2. The van der Waals surface area contributed by atoms with Crippen molar-refractivity contribution in [3.8, 4) is 0 Å². The number of nitrogens with one attached hydrogen (secondary N) is 1. The molecular formula is C19H29N3O2. The molecule has 132 valence electrons. The predicted molar refractivity (Wildman–Crippen MR) is 98.3 cm³/mol. The topological polar surface area (TPSA) is 76.7 Å². The zero-order valence-electron chi connectivity index (χ0n) is 14.6. The van der Waals surface area contributed by atoms with Crippen molar-refractivity contribution in [1.82, 2.24) is 0 Å². The Bertz CT molecular complexity index is 570. The highest BCUT2D eigenvalue weighted by atomic mass is 16.5. The SMILES string of the molecule is COC(=O)CCCCCCN=C(N)Nc1cccc2c1CCCC2. The largest absolute Gasteiger partial charge is 0.469 e. The summed E-state index contributed by atoms with van der Waals surface area (Å²) >= 11 is 0. The summed E-state index contributed by atoms with van der Waals surface area (Å²) in [7, 11) is 1.43. The molecule has 2 rings (SSSR count). The maximum absolute atomic E-state index is 11.0. The number of esters is 1. The number of carbonyl (C=O) groups is 1. The Kier molecular flexibility index (Phi) is 7.59. The van der Waals surface area contributed by atoms with Crippen molar-refractivity contribution >= 4 is 17.6 Å². The summed E-state index contributed by atoms with van der Waals surface area (Å²) in [6.07, 6.45) is 9.22. The standard InChI is InChI=1S/C19H29N3O2/c1-24-18(23)13-4-2-3-7-14-21-19(20)22-17-12-8-10-15-9-5-6-11-16(15)17/h8,10,12H,2-7,9,11,13-14H2,1H3,(H3,20,21,22). The number of guanidine groups is 1. The van der Waals surface area contributed by atoms with Crippen LogP contribution in [0.2, 0.25) is 0 Å². The molecule has 0 spiro atoms. The van der Waals surface area contributed by atoms with Crippen molar-refractivity contribution in [3.63, 3.8) is 0 Å². The Morgan fingerprint density at radius 1 is 1.21 bits per heavy atom. The fourth-order valence-electron chi connectivity index (χ4n) is 3.11. The van der Waals surface area contributed by atoms with E-state index in [-0.39, 0.29) is 5.97 Å². The van der Waals surface area contributed by atoms with E-state index in [1.54, 1.807) is 0 Å². The highest BCUT2D eigenvalue weighted by molar-refractivity contribution is 5.93. The number of unbranched alkanes of at least 4 members (excludes halogenated alkanes) is 3. The van der Waals surface area contributed by atoms with Gasteiger partial charge in [0.25, 0.3) is 0 Å². The van der Waals surface area contributed by atoms with Gasteiger partial charge < -0.3 is 15.8 Å². The number of rotatable bonds is 8. The van der Waals surface area contributed by atoms with Crippen molar-refractivity contribution in [2.45, 2.75) is 57.8 Å². The number of nitrogens with zero attached hydrogens (tertiary/aromatic N) is 1. The molecule has 1 aliphatic carbocycles. The molecule has 0 aliphatic heterocycles. The normalized spacial score (nSPS) is 14.1. The summed E-state index contributed by atoms with van der Waals surface area (Å²) < 4.78 is 4.62. The van der Waals surface area contributed by atoms with Crippen LogP contribution in [0.15, 0.2) is 23.2 Å². The molecule has 1 aliphatic rings. The summed E-state index contributed by atoms with van der Waals surface area (Å²) in [4.78, 5) is 15.4. The van der Waals surface area contributed by atoms with E-state index < -0.39 is 0 Å². The van der Waals surface area contributed by atoms with E-state index in [2.05, 4.69) is 33.2 Å². The predicted octanol–water partition coefficient (Wildman–Crippen LogP) is 3.42. The Morgan fingerprint density at radius 3 is 2.83 bits per heavy atom. The number of aliphatic imine (C=N–C) groups is 1. The number of nitrogens with two attached hydrogens (primary N) is 1. The van der Waals surface area contributed by atoms with E-state index in [0.717, 1.165) is 44.2 Å². The third-order valence-electron chi connectivity index (χ3n) is 4.46. The highest BCUT2D eigenvalue weighted by Gasteiger charge is 2.12. The molecule has 5 heteroatoms. The fraction of sp³-hybridized carbons (Fsp3) is 0.579.